The van der Waals surface area contributed by atoms with E-state index in [1.807, 2.05) is 0 Å². The molecule has 0 spiro atoms. The van der Waals surface area contributed by atoms with Crippen LogP contribution in [-0.4, -0.2) is 33.6 Å². The third kappa shape index (κ3) is 2.49. The van der Waals surface area contributed by atoms with E-state index in [4.69, 9.17) is 9.84 Å². The Hall–Kier alpha value is -1.36. The number of nitrogens with zero attached hydrogens (tertiary/aromatic N) is 2. The van der Waals surface area contributed by atoms with Crippen molar-refractivity contribution in [1.82, 2.24) is 9.78 Å². The number of hydrogen-bond donors (Lipinski definition) is 1. The van der Waals surface area contributed by atoms with E-state index < -0.39 is 5.97 Å². The lowest BCUT2D eigenvalue weighted by Crippen LogP contribution is -2.12. The Kier molecular flexibility index (Phi) is 3.47. The summed E-state index contributed by atoms with van der Waals surface area (Å²) < 4.78 is 7.32. The summed E-state index contributed by atoms with van der Waals surface area (Å²) in [6, 6.07) is 0. The van der Waals surface area contributed by atoms with Gasteiger partial charge in [-0.25, -0.2) is 4.79 Å². The van der Waals surface area contributed by atoms with Crippen molar-refractivity contribution in [2.45, 2.75) is 45.8 Å². The molecule has 5 nitrogen and oxygen atoms in total. The van der Waals surface area contributed by atoms with Crippen molar-refractivity contribution >= 4 is 5.97 Å². The van der Waals surface area contributed by atoms with Crippen LogP contribution in [0.5, 0.6) is 0 Å². The number of aryl methyl sites for hydroxylation is 2. The van der Waals surface area contributed by atoms with Crippen LogP contribution in [0.4, 0.5) is 0 Å². The molecule has 1 aromatic rings. The topological polar surface area (TPSA) is 64.4 Å². The van der Waals surface area contributed by atoms with Gasteiger partial charge in [0, 0.05) is 13.2 Å². The second kappa shape index (κ2) is 4.87. The average molecular weight is 238 g/mol. The number of aromatic nitrogens is 2. The maximum absolute atomic E-state index is 11.0. The summed E-state index contributed by atoms with van der Waals surface area (Å²) in [6.07, 6.45) is 3.45. The Balaban J connectivity index is 2.05. The van der Waals surface area contributed by atoms with Crippen LogP contribution >= 0.6 is 0 Å². The van der Waals surface area contributed by atoms with E-state index in [0.29, 0.717) is 17.4 Å². The van der Waals surface area contributed by atoms with Crippen LogP contribution in [0.3, 0.4) is 0 Å². The highest BCUT2D eigenvalue weighted by Crippen LogP contribution is 2.18. The normalized spacial score (nSPS) is 19.8. The number of ether oxygens (including phenoxy) is 1. The van der Waals surface area contributed by atoms with Crippen LogP contribution in [0, 0.1) is 13.8 Å². The maximum atomic E-state index is 11.0. The van der Waals surface area contributed by atoms with Crippen LogP contribution in [0.15, 0.2) is 0 Å². The van der Waals surface area contributed by atoms with E-state index in [2.05, 4.69) is 5.10 Å². The third-order valence-electron chi connectivity index (χ3n) is 3.28. The van der Waals surface area contributed by atoms with Crippen molar-refractivity contribution in [3.8, 4) is 0 Å². The smallest absolute Gasteiger partial charge is 0.339 e. The molecule has 2 rings (SSSR count). The number of carboxylic acids is 1. The summed E-state index contributed by atoms with van der Waals surface area (Å²) in [7, 11) is 0. The molecule has 1 atom stereocenters. The molecule has 1 unspecified atom stereocenters. The van der Waals surface area contributed by atoms with Gasteiger partial charge < -0.3 is 9.84 Å². The molecule has 1 N–H and O–H groups in total. The molecule has 2 heterocycles. The van der Waals surface area contributed by atoms with Crippen LogP contribution in [-0.2, 0) is 11.3 Å². The number of carboxylic acid groups (broad SMARTS) is 1. The average Bonchev–Trinajstić information content (AvgIpc) is 2.84. The molecule has 0 radical (unpaired) electrons. The quantitative estimate of drug-likeness (QED) is 0.868. The van der Waals surface area contributed by atoms with Gasteiger partial charge in [0.15, 0.2) is 0 Å². The van der Waals surface area contributed by atoms with Crippen molar-refractivity contribution in [2.75, 3.05) is 6.61 Å². The minimum absolute atomic E-state index is 0.312. The molecule has 94 valence electrons. The molecule has 1 aromatic heterocycles. The van der Waals surface area contributed by atoms with Crippen molar-refractivity contribution in [3.63, 3.8) is 0 Å². The SMILES string of the molecule is Cc1nn(CCC2CCCO2)c(C)c1C(=O)O. The molecular weight excluding hydrogens is 220 g/mol. The van der Waals surface area contributed by atoms with Gasteiger partial charge in [-0.3, -0.25) is 4.68 Å². The van der Waals surface area contributed by atoms with Crippen LogP contribution in [0.1, 0.15) is 41.0 Å². The van der Waals surface area contributed by atoms with E-state index in [9.17, 15) is 4.79 Å². The molecule has 1 saturated heterocycles. The van der Waals surface area contributed by atoms with Gasteiger partial charge in [0.2, 0.25) is 0 Å². The van der Waals surface area contributed by atoms with E-state index in [1.54, 1.807) is 18.5 Å². The van der Waals surface area contributed by atoms with Gasteiger partial charge in [0.05, 0.1) is 17.5 Å². The Labute approximate surface area is 100 Å². The molecule has 1 aliphatic rings. The molecule has 0 bridgehead atoms. The van der Waals surface area contributed by atoms with Gasteiger partial charge in [-0.1, -0.05) is 0 Å². The first-order valence-electron chi connectivity index (χ1n) is 5.98. The lowest BCUT2D eigenvalue weighted by Gasteiger charge is -2.10. The number of rotatable bonds is 4. The molecule has 0 amide bonds. The fourth-order valence-corrected chi connectivity index (χ4v) is 2.36. The van der Waals surface area contributed by atoms with Gasteiger partial charge in [-0.15, -0.1) is 0 Å². The van der Waals surface area contributed by atoms with Gasteiger partial charge in [0.25, 0.3) is 0 Å². The summed E-state index contributed by atoms with van der Waals surface area (Å²) >= 11 is 0. The van der Waals surface area contributed by atoms with Gasteiger partial charge in [-0.2, -0.15) is 5.10 Å². The van der Waals surface area contributed by atoms with Gasteiger partial charge in [0.1, 0.15) is 5.56 Å². The standard InChI is InChI=1S/C12H18N2O3/c1-8-11(12(15)16)9(2)14(13-8)6-5-10-4-3-7-17-10/h10H,3-7H2,1-2H3,(H,15,16). The Morgan fingerprint density at radius 1 is 1.59 bits per heavy atom. The summed E-state index contributed by atoms with van der Waals surface area (Å²) in [5.41, 5.74) is 1.65. The first-order valence-corrected chi connectivity index (χ1v) is 5.98. The largest absolute Gasteiger partial charge is 0.478 e. The Bertz CT molecular complexity index is 420. The highest BCUT2D eigenvalue weighted by atomic mass is 16.5. The monoisotopic (exact) mass is 238 g/mol. The van der Waals surface area contributed by atoms with Crippen molar-refractivity contribution in [1.29, 1.82) is 0 Å². The van der Waals surface area contributed by atoms with Gasteiger partial charge in [-0.05, 0) is 33.1 Å². The molecule has 17 heavy (non-hydrogen) atoms. The molecular formula is C12H18N2O3. The fourth-order valence-electron chi connectivity index (χ4n) is 2.36. The number of carbonyl (C=O) groups is 1. The molecule has 1 aliphatic heterocycles. The van der Waals surface area contributed by atoms with E-state index >= 15 is 0 Å². The molecule has 5 heteroatoms. The summed E-state index contributed by atoms with van der Waals surface area (Å²) in [6.45, 7) is 5.12. The lowest BCUT2D eigenvalue weighted by molar-refractivity contribution is 0.0695. The zero-order valence-electron chi connectivity index (χ0n) is 10.3. The minimum atomic E-state index is -0.900. The van der Waals surface area contributed by atoms with Crippen LogP contribution < -0.4 is 0 Å². The number of aromatic carboxylic acids is 1. The van der Waals surface area contributed by atoms with Crippen molar-refractivity contribution < 1.29 is 14.6 Å². The predicted octanol–water partition coefficient (Wildman–Crippen LogP) is 1.77. The minimum Gasteiger partial charge on any atom is -0.478 e. The second-order valence-corrected chi connectivity index (χ2v) is 4.50. The first-order chi connectivity index (χ1) is 8.09. The Morgan fingerprint density at radius 2 is 2.35 bits per heavy atom. The Morgan fingerprint density at radius 3 is 2.88 bits per heavy atom. The first kappa shape index (κ1) is 12.1. The van der Waals surface area contributed by atoms with Crippen LogP contribution in [0.25, 0.3) is 0 Å². The number of hydrogen-bond acceptors (Lipinski definition) is 3. The summed E-state index contributed by atoms with van der Waals surface area (Å²) in [5, 5.41) is 13.3. The molecule has 1 fully saturated rings. The summed E-state index contributed by atoms with van der Waals surface area (Å²) in [5.74, 6) is -0.900. The highest BCUT2D eigenvalue weighted by molar-refractivity contribution is 5.90. The highest BCUT2D eigenvalue weighted by Gasteiger charge is 2.19. The second-order valence-electron chi connectivity index (χ2n) is 4.50. The molecule has 0 saturated carbocycles. The van der Waals surface area contributed by atoms with E-state index in [0.717, 1.165) is 38.1 Å². The van der Waals surface area contributed by atoms with E-state index in [1.165, 1.54) is 0 Å². The van der Waals surface area contributed by atoms with E-state index in [-0.39, 0.29) is 0 Å². The van der Waals surface area contributed by atoms with Crippen LogP contribution in [0.2, 0.25) is 0 Å². The predicted molar refractivity (Wildman–Crippen MR) is 62.3 cm³/mol. The fraction of sp³-hybridized carbons (Fsp3) is 0.667. The summed E-state index contributed by atoms with van der Waals surface area (Å²) in [4.78, 5) is 11.0. The van der Waals surface area contributed by atoms with Crippen molar-refractivity contribution in [2.24, 2.45) is 0 Å². The molecule has 0 aliphatic carbocycles. The van der Waals surface area contributed by atoms with Crippen molar-refractivity contribution in [3.05, 3.63) is 17.0 Å². The molecule has 0 aromatic carbocycles. The van der Waals surface area contributed by atoms with Gasteiger partial charge >= 0.3 is 5.97 Å². The maximum Gasteiger partial charge on any atom is 0.339 e. The zero-order chi connectivity index (χ0) is 12.4. The lowest BCUT2D eigenvalue weighted by atomic mass is 10.2. The zero-order valence-corrected chi connectivity index (χ0v) is 10.3. The third-order valence-corrected chi connectivity index (χ3v) is 3.28.